The summed E-state index contributed by atoms with van der Waals surface area (Å²) in [7, 11) is 0. The highest BCUT2D eigenvalue weighted by Crippen LogP contribution is 2.56. The number of hydrogen-bond donors (Lipinski definition) is 1. The van der Waals surface area contributed by atoms with Crippen LogP contribution in [0.4, 0.5) is 11.4 Å². The second-order valence-electron chi connectivity index (χ2n) is 10.1. The minimum absolute atomic E-state index is 0.350. The summed E-state index contributed by atoms with van der Waals surface area (Å²) in [6, 6.07) is 46.5. The summed E-state index contributed by atoms with van der Waals surface area (Å²) >= 11 is 0. The minimum Gasteiger partial charge on any atom is -0.356 e. The van der Waals surface area contributed by atoms with Gasteiger partial charge in [-0.3, -0.25) is 0 Å². The van der Waals surface area contributed by atoms with E-state index in [0.717, 1.165) is 24.2 Å². The Morgan fingerprint density at radius 1 is 0.553 bits per heavy atom. The van der Waals surface area contributed by atoms with E-state index in [1.165, 1.54) is 44.5 Å². The first kappa shape index (κ1) is 22.6. The topological polar surface area (TPSA) is 12.0 Å². The first-order valence-corrected chi connectivity index (χ1v) is 13.4. The fraction of sp³-hybridized carbons (Fsp3) is 0.0811. The van der Waals surface area contributed by atoms with Crippen molar-refractivity contribution >= 4 is 16.9 Å². The molecule has 0 heterocycles. The van der Waals surface area contributed by atoms with Crippen molar-refractivity contribution in [2.24, 2.45) is 0 Å². The van der Waals surface area contributed by atoms with Crippen LogP contribution in [0.25, 0.3) is 16.7 Å². The third-order valence-electron chi connectivity index (χ3n) is 8.02. The molecule has 7 rings (SSSR count). The van der Waals surface area contributed by atoms with E-state index < -0.39 is 0 Å². The molecule has 0 unspecified atom stereocenters. The normalized spacial score (nSPS) is 14.9. The maximum atomic E-state index is 3.67. The van der Waals surface area contributed by atoms with Gasteiger partial charge in [0.25, 0.3) is 0 Å². The van der Waals surface area contributed by atoms with Crippen LogP contribution < -0.4 is 5.32 Å². The van der Waals surface area contributed by atoms with Crippen LogP contribution in [0.15, 0.2) is 146 Å². The van der Waals surface area contributed by atoms with Crippen LogP contribution in [-0.2, 0) is 5.41 Å². The van der Waals surface area contributed by atoms with Gasteiger partial charge in [-0.05, 0) is 81.6 Å². The van der Waals surface area contributed by atoms with Crippen molar-refractivity contribution in [3.63, 3.8) is 0 Å². The molecule has 0 saturated carbocycles. The zero-order chi connectivity index (χ0) is 25.4. The van der Waals surface area contributed by atoms with Crippen LogP contribution in [0.5, 0.6) is 0 Å². The molecule has 0 spiro atoms. The Labute approximate surface area is 224 Å². The zero-order valence-corrected chi connectivity index (χ0v) is 21.3. The molecule has 0 saturated heterocycles. The van der Waals surface area contributed by atoms with Crippen LogP contribution in [0.3, 0.4) is 0 Å². The predicted octanol–water partition coefficient (Wildman–Crippen LogP) is 9.53. The Hall–Kier alpha value is -4.62. The predicted molar refractivity (Wildman–Crippen MR) is 160 cm³/mol. The molecule has 182 valence electrons. The van der Waals surface area contributed by atoms with Crippen molar-refractivity contribution < 1.29 is 0 Å². The Kier molecular flexibility index (Phi) is 5.56. The van der Waals surface area contributed by atoms with E-state index in [2.05, 4.69) is 151 Å². The van der Waals surface area contributed by atoms with E-state index in [1.54, 1.807) is 0 Å². The standard InChI is InChI=1S/C37H29N/c1-4-12-27(13-5-1)28-20-22-31(23-21-28)38-32-24-25-36-34(26-32)33-18-10-11-19-35(33)37(36,29-14-6-2-7-15-29)30-16-8-3-9-17-30/h1-4,6-12,14-26,38H,5,13H2. The van der Waals surface area contributed by atoms with Crippen molar-refractivity contribution in [3.8, 4) is 11.1 Å². The molecule has 38 heavy (non-hydrogen) atoms. The number of rotatable bonds is 5. The van der Waals surface area contributed by atoms with Gasteiger partial charge < -0.3 is 5.32 Å². The summed E-state index contributed by atoms with van der Waals surface area (Å²) in [6.07, 6.45) is 8.86. The second kappa shape index (κ2) is 9.36. The summed E-state index contributed by atoms with van der Waals surface area (Å²) in [4.78, 5) is 0. The number of nitrogens with one attached hydrogen (secondary N) is 1. The fourth-order valence-corrected chi connectivity index (χ4v) is 6.30. The molecule has 2 aliphatic rings. The Morgan fingerprint density at radius 3 is 1.87 bits per heavy atom. The average Bonchev–Trinajstić information content (AvgIpc) is 3.29. The summed E-state index contributed by atoms with van der Waals surface area (Å²) in [6.45, 7) is 0. The van der Waals surface area contributed by atoms with Gasteiger partial charge in [0, 0.05) is 11.4 Å². The maximum Gasteiger partial charge on any atom is 0.0713 e. The molecular weight excluding hydrogens is 458 g/mol. The smallest absolute Gasteiger partial charge is 0.0713 e. The summed E-state index contributed by atoms with van der Waals surface area (Å²) in [5.74, 6) is 0. The Balaban J connectivity index is 1.33. The van der Waals surface area contributed by atoms with Gasteiger partial charge in [-0.15, -0.1) is 0 Å². The molecule has 0 fully saturated rings. The van der Waals surface area contributed by atoms with Gasteiger partial charge in [0.2, 0.25) is 0 Å². The zero-order valence-electron chi connectivity index (χ0n) is 21.3. The van der Waals surface area contributed by atoms with E-state index in [-0.39, 0.29) is 5.41 Å². The van der Waals surface area contributed by atoms with Crippen LogP contribution in [0, 0.1) is 0 Å². The van der Waals surface area contributed by atoms with Crippen molar-refractivity contribution in [1.29, 1.82) is 0 Å². The van der Waals surface area contributed by atoms with Gasteiger partial charge in [0.05, 0.1) is 5.41 Å². The molecule has 5 aromatic carbocycles. The maximum absolute atomic E-state index is 3.67. The fourth-order valence-electron chi connectivity index (χ4n) is 6.30. The van der Waals surface area contributed by atoms with Crippen LogP contribution in [0.1, 0.15) is 40.7 Å². The minimum atomic E-state index is -0.350. The number of hydrogen-bond acceptors (Lipinski definition) is 1. The molecule has 1 nitrogen and oxygen atoms in total. The lowest BCUT2D eigenvalue weighted by Gasteiger charge is -2.33. The highest BCUT2D eigenvalue weighted by molar-refractivity contribution is 5.88. The highest BCUT2D eigenvalue weighted by atomic mass is 14.9. The summed E-state index contributed by atoms with van der Waals surface area (Å²) in [5.41, 5.74) is 12.4. The third-order valence-corrected chi connectivity index (χ3v) is 8.02. The van der Waals surface area contributed by atoms with Gasteiger partial charge in [-0.1, -0.05) is 121 Å². The molecule has 0 atom stereocenters. The van der Waals surface area contributed by atoms with Crippen molar-refractivity contribution in [3.05, 3.63) is 173 Å². The van der Waals surface area contributed by atoms with Gasteiger partial charge in [-0.2, -0.15) is 0 Å². The third kappa shape index (κ3) is 3.63. The molecule has 1 N–H and O–H groups in total. The lowest BCUT2D eigenvalue weighted by atomic mass is 9.68. The molecule has 0 aromatic heterocycles. The Bertz CT molecular complexity index is 1620. The molecule has 1 heteroatoms. The monoisotopic (exact) mass is 487 g/mol. The van der Waals surface area contributed by atoms with E-state index in [9.17, 15) is 0 Å². The molecule has 5 aromatic rings. The van der Waals surface area contributed by atoms with Crippen molar-refractivity contribution in [1.82, 2.24) is 0 Å². The molecule has 0 amide bonds. The molecule has 0 radical (unpaired) electrons. The molecule has 0 aliphatic heterocycles. The van der Waals surface area contributed by atoms with E-state index in [4.69, 9.17) is 0 Å². The van der Waals surface area contributed by atoms with E-state index in [0.29, 0.717) is 0 Å². The largest absolute Gasteiger partial charge is 0.356 e. The number of fused-ring (bicyclic) bond motifs is 3. The first-order chi connectivity index (χ1) is 18.8. The van der Waals surface area contributed by atoms with E-state index >= 15 is 0 Å². The van der Waals surface area contributed by atoms with Crippen LogP contribution >= 0.6 is 0 Å². The van der Waals surface area contributed by atoms with E-state index in [1.807, 2.05) is 0 Å². The highest BCUT2D eigenvalue weighted by Gasteiger charge is 2.45. The number of benzene rings is 5. The lowest BCUT2D eigenvalue weighted by molar-refractivity contribution is 0.768. The van der Waals surface area contributed by atoms with Crippen LogP contribution in [0.2, 0.25) is 0 Å². The second-order valence-corrected chi connectivity index (χ2v) is 10.1. The van der Waals surface area contributed by atoms with Gasteiger partial charge in [-0.25, -0.2) is 0 Å². The average molecular weight is 488 g/mol. The molecule has 0 bridgehead atoms. The quantitative estimate of drug-likeness (QED) is 0.255. The molecule has 2 aliphatic carbocycles. The van der Waals surface area contributed by atoms with Crippen molar-refractivity contribution in [2.45, 2.75) is 18.3 Å². The molecular formula is C37H29N. The van der Waals surface area contributed by atoms with Gasteiger partial charge >= 0.3 is 0 Å². The van der Waals surface area contributed by atoms with Crippen LogP contribution in [-0.4, -0.2) is 0 Å². The SMILES string of the molecule is C1=CCCC(c2ccc(Nc3ccc4c(c3)-c3ccccc3C4(c3ccccc3)c3ccccc3)cc2)=C1. The number of anilines is 2. The summed E-state index contributed by atoms with van der Waals surface area (Å²) in [5, 5.41) is 3.67. The summed E-state index contributed by atoms with van der Waals surface area (Å²) < 4.78 is 0. The lowest BCUT2D eigenvalue weighted by Crippen LogP contribution is -2.28. The first-order valence-electron chi connectivity index (χ1n) is 13.4. The van der Waals surface area contributed by atoms with Gasteiger partial charge in [0.15, 0.2) is 0 Å². The van der Waals surface area contributed by atoms with Crippen molar-refractivity contribution in [2.75, 3.05) is 5.32 Å². The van der Waals surface area contributed by atoms with Gasteiger partial charge in [0.1, 0.15) is 0 Å². The number of allylic oxidation sites excluding steroid dienone is 4. The Morgan fingerprint density at radius 2 is 1.18 bits per heavy atom.